The van der Waals surface area contributed by atoms with Crippen LogP contribution in [-0.2, 0) is 4.79 Å². The van der Waals surface area contributed by atoms with Crippen molar-refractivity contribution >= 4 is 18.3 Å². The standard InChI is InChI=1S/C17H23FN2O.ClH/c1-12-9-16(14-3-2-4-15(18)10-14)20(11-12)17(21)13-5-7-19-8-6-13;/h2-4,10,12-13,16,19H,5-9,11H2,1H3;1H. The van der Waals surface area contributed by atoms with E-state index in [0.29, 0.717) is 5.92 Å². The highest BCUT2D eigenvalue weighted by Crippen LogP contribution is 2.37. The van der Waals surface area contributed by atoms with Crippen LogP contribution in [0.1, 0.15) is 37.8 Å². The van der Waals surface area contributed by atoms with Gasteiger partial charge >= 0.3 is 0 Å². The Hall–Kier alpha value is -1.13. The molecule has 2 aliphatic rings. The van der Waals surface area contributed by atoms with Gasteiger partial charge < -0.3 is 10.2 Å². The van der Waals surface area contributed by atoms with Gasteiger partial charge in [0.05, 0.1) is 6.04 Å². The van der Waals surface area contributed by atoms with Gasteiger partial charge in [-0.3, -0.25) is 4.79 Å². The van der Waals surface area contributed by atoms with Crippen LogP contribution in [0.5, 0.6) is 0 Å². The number of halogens is 2. The molecule has 0 spiro atoms. The molecule has 0 aliphatic carbocycles. The van der Waals surface area contributed by atoms with Crippen molar-refractivity contribution in [2.24, 2.45) is 11.8 Å². The van der Waals surface area contributed by atoms with Crippen LogP contribution >= 0.6 is 12.4 Å². The summed E-state index contributed by atoms with van der Waals surface area (Å²) in [5.41, 5.74) is 0.932. The predicted octanol–water partition coefficient (Wildman–Crippen LogP) is 3.16. The molecule has 22 heavy (non-hydrogen) atoms. The Balaban J connectivity index is 0.00000176. The Morgan fingerprint density at radius 1 is 1.32 bits per heavy atom. The molecule has 1 aromatic carbocycles. The Kier molecular flexibility index (Phi) is 5.81. The molecule has 0 aromatic heterocycles. The second kappa shape index (κ2) is 7.42. The van der Waals surface area contributed by atoms with E-state index in [1.165, 1.54) is 6.07 Å². The van der Waals surface area contributed by atoms with Gasteiger partial charge in [-0.05, 0) is 56.0 Å². The van der Waals surface area contributed by atoms with Gasteiger partial charge in [-0.1, -0.05) is 19.1 Å². The molecule has 0 saturated carbocycles. The zero-order valence-electron chi connectivity index (χ0n) is 12.9. The van der Waals surface area contributed by atoms with Crippen molar-refractivity contribution in [2.75, 3.05) is 19.6 Å². The zero-order valence-corrected chi connectivity index (χ0v) is 13.7. The van der Waals surface area contributed by atoms with Crippen molar-refractivity contribution in [1.29, 1.82) is 0 Å². The summed E-state index contributed by atoms with van der Waals surface area (Å²) in [7, 11) is 0. The molecule has 2 unspecified atom stereocenters. The molecule has 5 heteroatoms. The van der Waals surface area contributed by atoms with Gasteiger partial charge in [-0.2, -0.15) is 0 Å². The molecule has 3 nitrogen and oxygen atoms in total. The van der Waals surface area contributed by atoms with Gasteiger partial charge in [0, 0.05) is 12.5 Å². The van der Waals surface area contributed by atoms with E-state index in [9.17, 15) is 9.18 Å². The van der Waals surface area contributed by atoms with E-state index in [1.54, 1.807) is 12.1 Å². The Morgan fingerprint density at radius 3 is 2.73 bits per heavy atom. The molecule has 2 fully saturated rings. The number of nitrogens with zero attached hydrogens (tertiary/aromatic N) is 1. The first-order chi connectivity index (χ1) is 10.1. The first-order valence-electron chi connectivity index (χ1n) is 7.92. The molecule has 1 amide bonds. The van der Waals surface area contributed by atoms with Crippen molar-refractivity contribution < 1.29 is 9.18 Å². The molecule has 3 rings (SSSR count). The summed E-state index contributed by atoms with van der Waals surface area (Å²) < 4.78 is 13.5. The summed E-state index contributed by atoms with van der Waals surface area (Å²) in [6.45, 7) is 4.81. The number of carbonyl (C=O) groups excluding carboxylic acids is 1. The van der Waals surface area contributed by atoms with Crippen LogP contribution in [0.15, 0.2) is 24.3 Å². The first-order valence-corrected chi connectivity index (χ1v) is 7.92. The van der Waals surface area contributed by atoms with E-state index >= 15 is 0 Å². The quantitative estimate of drug-likeness (QED) is 0.905. The maximum atomic E-state index is 13.5. The van der Waals surface area contributed by atoms with E-state index in [0.717, 1.165) is 44.5 Å². The smallest absolute Gasteiger partial charge is 0.226 e. The summed E-state index contributed by atoms with van der Waals surface area (Å²) in [4.78, 5) is 14.8. The molecule has 2 saturated heterocycles. The highest BCUT2D eigenvalue weighted by molar-refractivity contribution is 5.85. The topological polar surface area (TPSA) is 32.3 Å². The molecule has 122 valence electrons. The molecule has 0 bridgehead atoms. The molecule has 0 radical (unpaired) electrons. The third-order valence-corrected chi connectivity index (χ3v) is 4.72. The zero-order chi connectivity index (χ0) is 14.8. The summed E-state index contributed by atoms with van der Waals surface area (Å²) in [5, 5.41) is 3.30. The van der Waals surface area contributed by atoms with Crippen LogP contribution in [0.4, 0.5) is 4.39 Å². The minimum atomic E-state index is -0.221. The van der Waals surface area contributed by atoms with Gasteiger partial charge in [0.25, 0.3) is 0 Å². The number of rotatable bonds is 2. The number of piperidine rings is 1. The number of hydrogen-bond acceptors (Lipinski definition) is 2. The van der Waals surface area contributed by atoms with Gasteiger partial charge in [-0.15, -0.1) is 12.4 Å². The maximum absolute atomic E-state index is 13.5. The molecule has 2 heterocycles. The molecule has 2 aliphatic heterocycles. The van der Waals surface area contributed by atoms with Gasteiger partial charge in [-0.25, -0.2) is 4.39 Å². The average molecular weight is 327 g/mol. The molecular formula is C17H24ClFN2O. The summed E-state index contributed by atoms with van der Waals surface area (Å²) in [6, 6.07) is 6.75. The second-order valence-electron chi connectivity index (χ2n) is 6.43. The molecule has 2 atom stereocenters. The predicted molar refractivity (Wildman–Crippen MR) is 87.5 cm³/mol. The van der Waals surface area contributed by atoms with Crippen molar-refractivity contribution in [2.45, 2.75) is 32.2 Å². The van der Waals surface area contributed by atoms with E-state index < -0.39 is 0 Å². The normalized spacial score (nSPS) is 25.8. The first kappa shape index (κ1) is 17.2. The van der Waals surface area contributed by atoms with Crippen LogP contribution in [0.2, 0.25) is 0 Å². The number of hydrogen-bond donors (Lipinski definition) is 1. The Bertz CT molecular complexity index is 519. The van der Waals surface area contributed by atoms with Gasteiger partial charge in [0.15, 0.2) is 0 Å². The highest BCUT2D eigenvalue weighted by atomic mass is 35.5. The number of benzene rings is 1. The lowest BCUT2D eigenvalue weighted by molar-refractivity contribution is -0.137. The van der Waals surface area contributed by atoms with Crippen LogP contribution in [0, 0.1) is 17.7 Å². The van der Waals surface area contributed by atoms with Crippen molar-refractivity contribution in [3.05, 3.63) is 35.6 Å². The minimum absolute atomic E-state index is 0. The molecule has 1 aromatic rings. The highest BCUT2D eigenvalue weighted by Gasteiger charge is 2.37. The van der Waals surface area contributed by atoms with Crippen molar-refractivity contribution in [1.82, 2.24) is 10.2 Å². The minimum Gasteiger partial charge on any atom is -0.335 e. The third-order valence-electron chi connectivity index (χ3n) is 4.72. The average Bonchev–Trinajstić information content (AvgIpc) is 2.89. The Morgan fingerprint density at radius 2 is 2.05 bits per heavy atom. The fraction of sp³-hybridized carbons (Fsp3) is 0.588. The molecular weight excluding hydrogens is 303 g/mol. The SMILES string of the molecule is CC1CC(c2cccc(F)c2)N(C(=O)C2CCNCC2)C1.Cl. The van der Waals surface area contributed by atoms with Crippen LogP contribution < -0.4 is 5.32 Å². The number of carbonyl (C=O) groups is 1. The summed E-state index contributed by atoms with van der Waals surface area (Å²) in [5.74, 6) is 0.646. The lowest BCUT2D eigenvalue weighted by Crippen LogP contribution is -2.41. The van der Waals surface area contributed by atoms with Gasteiger partial charge in [0.2, 0.25) is 5.91 Å². The summed E-state index contributed by atoms with van der Waals surface area (Å²) >= 11 is 0. The van der Waals surface area contributed by atoms with E-state index in [4.69, 9.17) is 0 Å². The van der Waals surface area contributed by atoms with E-state index in [2.05, 4.69) is 12.2 Å². The fourth-order valence-corrected chi connectivity index (χ4v) is 3.62. The number of likely N-dealkylation sites (tertiary alicyclic amines) is 1. The number of amides is 1. The largest absolute Gasteiger partial charge is 0.335 e. The fourth-order valence-electron chi connectivity index (χ4n) is 3.62. The van der Waals surface area contributed by atoms with Gasteiger partial charge in [0.1, 0.15) is 5.82 Å². The van der Waals surface area contributed by atoms with E-state index in [1.807, 2.05) is 11.0 Å². The third kappa shape index (κ3) is 3.61. The van der Waals surface area contributed by atoms with Crippen LogP contribution in [0.25, 0.3) is 0 Å². The maximum Gasteiger partial charge on any atom is 0.226 e. The number of nitrogens with one attached hydrogen (secondary N) is 1. The van der Waals surface area contributed by atoms with Crippen molar-refractivity contribution in [3.63, 3.8) is 0 Å². The second-order valence-corrected chi connectivity index (χ2v) is 6.43. The lowest BCUT2D eigenvalue weighted by Gasteiger charge is -2.31. The monoisotopic (exact) mass is 326 g/mol. The van der Waals surface area contributed by atoms with Crippen LogP contribution in [-0.4, -0.2) is 30.4 Å². The molecule has 1 N–H and O–H groups in total. The van der Waals surface area contributed by atoms with Crippen molar-refractivity contribution in [3.8, 4) is 0 Å². The lowest BCUT2D eigenvalue weighted by atomic mass is 9.95. The van der Waals surface area contributed by atoms with Crippen LogP contribution in [0.3, 0.4) is 0 Å². The van der Waals surface area contributed by atoms with E-state index in [-0.39, 0.29) is 36.1 Å². The summed E-state index contributed by atoms with van der Waals surface area (Å²) in [6.07, 6.45) is 2.76. The Labute approximate surface area is 137 Å².